The minimum Gasteiger partial charge on any atom is -0.420 e. The molecular formula is C16H11Cl2FN5O5PS2. The van der Waals surface area contributed by atoms with Crippen LogP contribution in [0.2, 0.25) is 10.0 Å². The Kier molecular flexibility index (Phi) is 6.25. The molecule has 168 valence electrons. The van der Waals surface area contributed by atoms with Gasteiger partial charge in [-0.25, -0.2) is 17.4 Å². The van der Waals surface area contributed by atoms with Gasteiger partial charge in [0.2, 0.25) is 5.82 Å². The zero-order valence-corrected chi connectivity index (χ0v) is 19.5. The van der Waals surface area contributed by atoms with E-state index in [9.17, 15) is 22.3 Å². The van der Waals surface area contributed by atoms with Gasteiger partial charge in [0.15, 0.2) is 11.6 Å². The second kappa shape index (κ2) is 8.67. The van der Waals surface area contributed by atoms with Gasteiger partial charge in [-0.15, -0.1) is 21.5 Å². The van der Waals surface area contributed by atoms with Crippen molar-refractivity contribution < 1.29 is 26.8 Å². The van der Waals surface area contributed by atoms with Gasteiger partial charge in [-0.1, -0.05) is 23.2 Å². The van der Waals surface area contributed by atoms with Gasteiger partial charge in [0.05, 0.1) is 9.72 Å². The number of fused-ring (bicyclic) bond motifs is 1. The summed E-state index contributed by atoms with van der Waals surface area (Å²) in [7, 11) is -8.87. The first-order chi connectivity index (χ1) is 15.1. The van der Waals surface area contributed by atoms with Gasteiger partial charge in [-0.05, 0) is 41.6 Å². The maximum atomic E-state index is 14.1. The number of rotatable bonds is 7. The Hall–Kier alpha value is -2.12. The molecule has 16 heteroatoms. The van der Waals surface area contributed by atoms with Crippen molar-refractivity contribution in [2.75, 3.05) is 6.29 Å². The van der Waals surface area contributed by atoms with Crippen molar-refractivity contribution in [2.45, 2.75) is 4.21 Å². The van der Waals surface area contributed by atoms with Crippen molar-refractivity contribution in [3.8, 4) is 17.1 Å². The van der Waals surface area contributed by atoms with Crippen LogP contribution in [0.15, 0.2) is 40.6 Å². The van der Waals surface area contributed by atoms with Crippen LogP contribution >= 0.6 is 42.1 Å². The molecule has 0 radical (unpaired) electrons. The molecule has 1 atom stereocenters. The maximum absolute atomic E-state index is 14.1. The third-order valence-electron chi connectivity index (χ3n) is 4.05. The Morgan fingerprint density at radius 1 is 1.22 bits per heavy atom. The van der Waals surface area contributed by atoms with E-state index >= 15 is 0 Å². The number of benzene rings is 2. The smallest absolute Gasteiger partial charge is 0.391 e. The minimum atomic E-state index is -4.65. The van der Waals surface area contributed by atoms with Crippen LogP contribution in [0.25, 0.3) is 21.5 Å². The molecule has 1 unspecified atom stereocenters. The summed E-state index contributed by atoms with van der Waals surface area (Å²) in [5.41, 5.74) is 0.259. The average Bonchev–Trinajstić information content (AvgIpc) is 3.42. The van der Waals surface area contributed by atoms with Crippen molar-refractivity contribution in [3.05, 3.63) is 52.3 Å². The lowest BCUT2D eigenvalue weighted by atomic mass is 10.2. The second-order valence-corrected chi connectivity index (χ2v) is 11.9. The van der Waals surface area contributed by atoms with E-state index < -0.39 is 35.5 Å². The van der Waals surface area contributed by atoms with Crippen LogP contribution in [-0.2, 0) is 14.6 Å². The van der Waals surface area contributed by atoms with Gasteiger partial charge >= 0.3 is 7.60 Å². The largest absolute Gasteiger partial charge is 0.420 e. The van der Waals surface area contributed by atoms with E-state index in [0.29, 0.717) is 20.1 Å². The molecule has 10 nitrogen and oxygen atoms in total. The first-order valence-corrected chi connectivity index (χ1v) is 13.3. The quantitative estimate of drug-likeness (QED) is 0.299. The molecule has 2 aromatic carbocycles. The van der Waals surface area contributed by atoms with Gasteiger partial charge in [0.25, 0.3) is 10.0 Å². The lowest BCUT2D eigenvalue weighted by molar-refractivity contribution is 0.368. The zero-order valence-electron chi connectivity index (χ0n) is 15.5. The number of aromatic amines is 1. The summed E-state index contributed by atoms with van der Waals surface area (Å²) in [6.45, 7) is 0. The van der Waals surface area contributed by atoms with Crippen molar-refractivity contribution in [3.63, 3.8) is 0 Å². The van der Waals surface area contributed by atoms with E-state index in [4.69, 9.17) is 27.7 Å². The molecule has 0 spiro atoms. The second-order valence-electron chi connectivity index (χ2n) is 6.25. The van der Waals surface area contributed by atoms with Crippen LogP contribution in [0.3, 0.4) is 0 Å². The Bertz CT molecular complexity index is 1430. The lowest BCUT2D eigenvalue weighted by Gasteiger charge is -2.15. The molecule has 0 bridgehead atoms. The third kappa shape index (κ3) is 4.79. The summed E-state index contributed by atoms with van der Waals surface area (Å²) >= 11 is 13.0. The molecule has 2 heterocycles. The number of tetrazole rings is 1. The fourth-order valence-electron chi connectivity index (χ4n) is 2.59. The molecule has 0 aliphatic heterocycles. The summed E-state index contributed by atoms with van der Waals surface area (Å²) in [5, 5.41) is 14.1. The monoisotopic (exact) mass is 537 g/mol. The fraction of sp³-hybridized carbons (Fsp3) is 0.0625. The van der Waals surface area contributed by atoms with E-state index in [0.717, 1.165) is 23.5 Å². The summed E-state index contributed by atoms with van der Waals surface area (Å²) in [6, 6.07) is 7.74. The number of halogens is 3. The number of thiophene rings is 1. The molecule has 0 aliphatic rings. The molecule has 0 saturated carbocycles. The first kappa shape index (κ1) is 23.1. The highest BCUT2D eigenvalue weighted by atomic mass is 35.5. The van der Waals surface area contributed by atoms with Gasteiger partial charge in [-0.2, -0.15) is 9.94 Å². The number of sulfonamides is 1. The SMILES string of the molecule is O=P(O)(CNS(=O)(=O)c1cc2c(Cl)ccc(Cl)c2s1)Oc1cc(-c2nn[nH]n2)ccc1F. The zero-order chi connectivity index (χ0) is 23.1. The molecule has 2 aromatic heterocycles. The van der Waals surface area contributed by atoms with Gasteiger partial charge in [-0.3, -0.25) is 0 Å². The van der Waals surface area contributed by atoms with Crippen LogP contribution < -0.4 is 9.25 Å². The molecule has 0 saturated heterocycles. The van der Waals surface area contributed by atoms with Crippen LogP contribution in [0.4, 0.5) is 4.39 Å². The summed E-state index contributed by atoms with van der Waals surface area (Å²) in [4.78, 5) is 10.1. The molecule has 4 aromatic rings. The van der Waals surface area contributed by atoms with E-state index in [-0.39, 0.29) is 15.6 Å². The van der Waals surface area contributed by atoms with Crippen LogP contribution in [0.1, 0.15) is 0 Å². The molecule has 3 N–H and O–H groups in total. The summed E-state index contributed by atoms with van der Waals surface area (Å²) in [6.07, 6.45) is -1.02. The average molecular weight is 538 g/mol. The van der Waals surface area contributed by atoms with Crippen molar-refractivity contribution >= 4 is 62.2 Å². The highest BCUT2D eigenvalue weighted by molar-refractivity contribution is 7.92. The molecule has 0 amide bonds. The van der Waals surface area contributed by atoms with Gasteiger partial charge < -0.3 is 9.42 Å². The standard InChI is InChI=1S/C16H11Cl2FN5O5PS2/c17-10-2-3-11(18)15-9(10)6-14(31-15)32(27,28)20-7-30(25,26)29-13-5-8(1-4-12(13)19)16-21-23-24-22-16/h1-6,20H,7H2,(H,25,26)(H,21,22,23,24). The number of H-pyrrole nitrogens is 1. The first-order valence-electron chi connectivity index (χ1n) is 8.48. The number of hydrogen-bond donors (Lipinski definition) is 3. The maximum Gasteiger partial charge on any atom is 0.391 e. The van der Waals surface area contributed by atoms with E-state index in [1.165, 1.54) is 24.3 Å². The Morgan fingerprint density at radius 3 is 2.66 bits per heavy atom. The Labute approximate surface area is 193 Å². The molecule has 4 rings (SSSR count). The third-order valence-corrected chi connectivity index (χ3v) is 9.11. The van der Waals surface area contributed by atoms with Gasteiger partial charge in [0.1, 0.15) is 10.5 Å². The summed E-state index contributed by atoms with van der Waals surface area (Å²) in [5.74, 6) is -1.42. The predicted molar refractivity (Wildman–Crippen MR) is 117 cm³/mol. The van der Waals surface area contributed by atoms with Gasteiger partial charge in [0, 0.05) is 16.0 Å². The number of nitrogens with one attached hydrogen (secondary N) is 2. The van der Waals surface area contributed by atoms with Crippen molar-refractivity contribution in [1.82, 2.24) is 25.3 Å². The van der Waals surface area contributed by atoms with Crippen LogP contribution in [-0.4, -0.2) is 40.2 Å². The fourth-order valence-corrected chi connectivity index (χ4v) is 7.08. The number of hydrogen-bond acceptors (Lipinski definition) is 8. The lowest BCUT2D eigenvalue weighted by Crippen LogP contribution is -2.25. The highest BCUT2D eigenvalue weighted by Gasteiger charge is 2.28. The summed E-state index contributed by atoms with van der Waals surface area (Å²) < 4.78 is 58.9. The van der Waals surface area contributed by atoms with Crippen molar-refractivity contribution in [2.24, 2.45) is 0 Å². The predicted octanol–water partition coefficient (Wildman–Crippen LogP) is 4.03. The van der Waals surface area contributed by atoms with Crippen molar-refractivity contribution in [1.29, 1.82) is 0 Å². The minimum absolute atomic E-state index is 0.102. The molecular weight excluding hydrogens is 527 g/mol. The van der Waals surface area contributed by atoms with E-state index in [1.54, 1.807) is 0 Å². The van der Waals surface area contributed by atoms with Crippen LogP contribution in [0.5, 0.6) is 5.75 Å². The highest BCUT2D eigenvalue weighted by Crippen LogP contribution is 2.44. The molecule has 0 aliphatic carbocycles. The van der Waals surface area contributed by atoms with Crippen LogP contribution in [0, 0.1) is 5.82 Å². The Balaban J connectivity index is 1.53. The molecule has 0 fully saturated rings. The molecule has 32 heavy (non-hydrogen) atoms. The number of aromatic nitrogens is 4. The topological polar surface area (TPSA) is 147 Å². The normalized spacial score (nSPS) is 13.9. The number of nitrogens with zero attached hydrogens (tertiary/aromatic N) is 3. The van der Waals surface area contributed by atoms with E-state index in [2.05, 4.69) is 20.6 Å². The van der Waals surface area contributed by atoms with E-state index in [1.807, 2.05) is 4.72 Å². The Morgan fingerprint density at radius 2 is 1.97 bits per heavy atom.